The van der Waals surface area contributed by atoms with Crippen LogP contribution in [0.4, 0.5) is 23.1 Å². The number of benzene rings is 3. The predicted octanol–water partition coefficient (Wildman–Crippen LogP) is 7.97. The zero-order chi connectivity index (χ0) is 26.1. The maximum atomic E-state index is 6.52. The summed E-state index contributed by atoms with van der Waals surface area (Å²) in [7, 11) is 0. The van der Waals surface area contributed by atoms with Crippen LogP contribution in [-0.4, -0.2) is 15.0 Å². The first-order valence-electron chi connectivity index (χ1n) is 13.0. The van der Waals surface area contributed by atoms with Crippen molar-refractivity contribution in [2.24, 2.45) is 0 Å². The first-order chi connectivity index (χ1) is 18.5. The van der Waals surface area contributed by atoms with Gasteiger partial charge in [-0.3, -0.25) is 0 Å². The fourth-order valence-corrected chi connectivity index (χ4v) is 5.50. The Labute approximate surface area is 227 Å². The van der Waals surface area contributed by atoms with Crippen LogP contribution in [0.25, 0.3) is 33.4 Å². The van der Waals surface area contributed by atoms with E-state index in [4.69, 9.17) is 28.1 Å². The van der Waals surface area contributed by atoms with Gasteiger partial charge in [0.2, 0.25) is 5.95 Å². The topological polar surface area (TPSA) is 103 Å². The molecule has 0 bridgehead atoms. The van der Waals surface area contributed by atoms with E-state index >= 15 is 0 Å². The molecule has 6 nitrogen and oxygen atoms in total. The molecular weight excluding hydrogens is 492 g/mol. The van der Waals surface area contributed by atoms with Gasteiger partial charge in [0, 0.05) is 39.0 Å². The van der Waals surface area contributed by atoms with Gasteiger partial charge in [-0.15, -0.1) is 0 Å². The van der Waals surface area contributed by atoms with Gasteiger partial charge < -0.3 is 16.8 Å². The van der Waals surface area contributed by atoms with E-state index in [2.05, 4.69) is 39.6 Å². The van der Waals surface area contributed by atoms with Crippen LogP contribution < -0.4 is 16.8 Å². The van der Waals surface area contributed by atoms with Crippen molar-refractivity contribution in [2.45, 2.75) is 38.0 Å². The van der Waals surface area contributed by atoms with Crippen molar-refractivity contribution >= 4 is 45.6 Å². The average molecular weight is 521 g/mol. The number of pyridine rings is 1. The summed E-state index contributed by atoms with van der Waals surface area (Å²) < 4.78 is 0. The molecule has 190 valence electrons. The molecule has 2 aromatic heterocycles. The molecule has 38 heavy (non-hydrogen) atoms. The van der Waals surface area contributed by atoms with Gasteiger partial charge in [-0.25, -0.2) is 9.97 Å². The van der Waals surface area contributed by atoms with Gasteiger partial charge in [0.1, 0.15) is 5.82 Å². The monoisotopic (exact) mass is 520 g/mol. The van der Waals surface area contributed by atoms with Crippen molar-refractivity contribution in [1.29, 1.82) is 0 Å². The van der Waals surface area contributed by atoms with Crippen LogP contribution in [0.5, 0.6) is 0 Å². The van der Waals surface area contributed by atoms with E-state index in [1.54, 1.807) is 0 Å². The molecule has 1 aliphatic carbocycles. The third-order valence-electron chi connectivity index (χ3n) is 7.26. The number of hydrogen-bond acceptors (Lipinski definition) is 6. The molecule has 0 amide bonds. The number of hydrogen-bond donors (Lipinski definition) is 3. The lowest BCUT2D eigenvalue weighted by atomic mass is 9.84. The van der Waals surface area contributed by atoms with Crippen LogP contribution in [0.1, 0.15) is 43.6 Å². The van der Waals surface area contributed by atoms with E-state index in [9.17, 15) is 0 Å². The van der Waals surface area contributed by atoms with E-state index in [1.807, 2.05) is 54.6 Å². The molecule has 5 aromatic rings. The number of anilines is 4. The molecular formula is C31H29ClN6. The number of aromatic nitrogens is 3. The molecule has 0 aliphatic heterocycles. The third-order valence-corrected chi connectivity index (χ3v) is 7.50. The smallest absolute Gasteiger partial charge is 0.222 e. The van der Waals surface area contributed by atoms with E-state index in [-0.39, 0.29) is 5.95 Å². The Kier molecular flexibility index (Phi) is 6.56. The van der Waals surface area contributed by atoms with Crippen LogP contribution in [0.3, 0.4) is 0 Å². The van der Waals surface area contributed by atoms with Crippen molar-refractivity contribution in [3.8, 4) is 22.5 Å². The molecule has 3 aromatic carbocycles. The minimum atomic E-state index is 0.172. The second-order valence-corrected chi connectivity index (χ2v) is 10.4. The SMILES string of the molecule is Nc1nc(Nc2ccc3nc(-c4ccc(C5CCCCC5)cc4)cc(N)c3c2)cc(-c2cccc(Cl)c2)n1. The minimum absolute atomic E-state index is 0.172. The molecule has 0 atom stereocenters. The van der Waals surface area contributed by atoms with Crippen LogP contribution >= 0.6 is 11.6 Å². The molecule has 0 spiro atoms. The lowest BCUT2D eigenvalue weighted by molar-refractivity contribution is 0.443. The summed E-state index contributed by atoms with van der Waals surface area (Å²) in [6, 6.07) is 26.0. The van der Waals surface area contributed by atoms with Gasteiger partial charge in [-0.1, -0.05) is 67.3 Å². The highest BCUT2D eigenvalue weighted by Crippen LogP contribution is 2.35. The van der Waals surface area contributed by atoms with E-state index < -0.39 is 0 Å². The standard InChI is InChI=1S/C31H29ClN6/c32-23-8-4-7-22(15-23)29-18-30(38-31(34)37-29)35-24-13-14-27-25(16-24)26(33)17-28(36-27)21-11-9-20(10-12-21)19-5-2-1-3-6-19/h4,7-19H,1-3,5-6H2,(H2,33,36)(H3,34,35,37,38). The molecule has 7 heteroatoms. The van der Waals surface area contributed by atoms with E-state index in [0.717, 1.165) is 33.4 Å². The van der Waals surface area contributed by atoms with Crippen LogP contribution in [-0.2, 0) is 0 Å². The van der Waals surface area contributed by atoms with Crippen molar-refractivity contribution < 1.29 is 0 Å². The van der Waals surface area contributed by atoms with Gasteiger partial charge in [-0.2, -0.15) is 4.98 Å². The molecule has 0 radical (unpaired) electrons. The van der Waals surface area contributed by atoms with Gasteiger partial charge in [-0.05, 0) is 60.7 Å². The summed E-state index contributed by atoms with van der Waals surface area (Å²) in [5, 5.41) is 4.83. The fourth-order valence-electron chi connectivity index (χ4n) is 5.31. The Balaban J connectivity index is 1.26. The van der Waals surface area contributed by atoms with Crippen LogP contribution in [0.15, 0.2) is 78.9 Å². The molecule has 0 unspecified atom stereocenters. The van der Waals surface area contributed by atoms with Gasteiger partial charge in [0.05, 0.1) is 16.9 Å². The van der Waals surface area contributed by atoms with Crippen molar-refractivity contribution in [3.05, 3.63) is 89.4 Å². The van der Waals surface area contributed by atoms with Gasteiger partial charge in [0.25, 0.3) is 0 Å². The number of halogens is 1. The molecule has 1 fully saturated rings. The van der Waals surface area contributed by atoms with Crippen molar-refractivity contribution in [3.63, 3.8) is 0 Å². The Morgan fingerprint density at radius 2 is 1.53 bits per heavy atom. The second kappa shape index (κ2) is 10.3. The number of nitrogens with one attached hydrogen (secondary N) is 1. The molecule has 2 heterocycles. The second-order valence-electron chi connectivity index (χ2n) is 9.92. The first-order valence-corrected chi connectivity index (χ1v) is 13.4. The minimum Gasteiger partial charge on any atom is -0.398 e. The number of rotatable bonds is 5. The van der Waals surface area contributed by atoms with E-state index in [0.29, 0.717) is 28.1 Å². The highest BCUT2D eigenvalue weighted by molar-refractivity contribution is 6.30. The average Bonchev–Trinajstić information content (AvgIpc) is 2.93. The zero-order valence-corrected chi connectivity index (χ0v) is 21.7. The van der Waals surface area contributed by atoms with Crippen LogP contribution in [0.2, 0.25) is 5.02 Å². The summed E-state index contributed by atoms with van der Waals surface area (Å²) in [5.74, 6) is 1.43. The fraction of sp³-hybridized carbons (Fsp3) is 0.194. The van der Waals surface area contributed by atoms with Crippen molar-refractivity contribution in [1.82, 2.24) is 15.0 Å². The normalized spacial score (nSPS) is 14.0. The van der Waals surface area contributed by atoms with Gasteiger partial charge >= 0.3 is 0 Å². The summed E-state index contributed by atoms with van der Waals surface area (Å²) >= 11 is 6.16. The lowest BCUT2D eigenvalue weighted by Gasteiger charge is -2.22. The molecule has 5 N–H and O–H groups in total. The Bertz CT molecular complexity index is 1610. The number of nitrogens with zero attached hydrogens (tertiary/aromatic N) is 3. The number of nitrogens with two attached hydrogens (primary N) is 2. The predicted molar refractivity (Wildman–Crippen MR) is 158 cm³/mol. The molecule has 1 aliphatic rings. The Morgan fingerprint density at radius 3 is 2.32 bits per heavy atom. The van der Waals surface area contributed by atoms with Crippen molar-refractivity contribution in [2.75, 3.05) is 16.8 Å². The first kappa shape index (κ1) is 24.2. The Hall–Kier alpha value is -4.16. The van der Waals surface area contributed by atoms with Crippen LogP contribution in [0, 0.1) is 0 Å². The largest absolute Gasteiger partial charge is 0.398 e. The molecule has 1 saturated carbocycles. The number of fused-ring (bicyclic) bond motifs is 1. The zero-order valence-electron chi connectivity index (χ0n) is 21.0. The summed E-state index contributed by atoms with van der Waals surface area (Å²) in [6.45, 7) is 0. The summed E-state index contributed by atoms with van der Waals surface area (Å²) in [5.41, 5.74) is 19.8. The highest BCUT2D eigenvalue weighted by atomic mass is 35.5. The summed E-state index contributed by atoms with van der Waals surface area (Å²) in [6.07, 6.45) is 6.61. The number of nitrogen functional groups attached to an aromatic ring is 2. The summed E-state index contributed by atoms with van der Waals surface area (Å²) in [4.78, 5) is 13.6. The molecule has 6 rings (SSSR count). The quantitative estimate of drug-likeness (QED) is 0.217. The van der Waals surface area contributed by atoms with E-state index in [1.165, 1.54) is 37.7 Å². The maximum absolute atomic E-state index is 6.52. The third kappa shape index (κ3) is 5.13. The lowest BCUT2D eigenvalue weighted by Crippen LogP contribution is -2.04. The van der Waals surface area contributed by atoms with Gasteiger partial charge in [0.15, 0.2) is 0 Å². The molecule has 0 saturated heterocycles. The maximum Gasteiger partial charge on any atom is 0.222 e. The Morgan fingerprint density at radius 1 is 0.737 bits per heavy atom. The highest BCUT2D eigenvalue weighted by Gasteiger charge is 2.16.